The van der Waals surface area contributed by atoms with Crippen LogP contribution in [0.15, 0.2) is 41.3 Å². The van der Waals surface area contributed by atoms with Crippen molar-refractivity contribution in [3.8, 4) is 5.75 Å². The Morgan fingerprint density at radius 2 is 1.79 bits per heavy atom. The molecule has 0 spiro atoms. The predicted molar refractivity (Wildman–Crippen MR) is 93.1 cm³/mol. The summed E-state index contributed by atoms with van der Waals surface area (Å²) in [7, 11) is -1.06. The lowest BCUT2D eigenvalue weighted by atomic mass is 10.1. The number of nitrogens with one attached hydrogen (secondary N) is 2. The summed E-state index contributed by atoms with van der Waals surface area (Å²) >= 11 is 0. The molecule has 0 atom stereocenters. The maximum Gasteiger partial charge on any atom is 0.255 e. The number of hydrogen-bond acceptors (Lipinski definition) is 4. The van der Waals surface area contributed by atoms with Crippen LogP contribution in [0, 0.1) is 13.8 Å². The minimum atomic E-state index is -3.74. The van der Waals surface area contributed by atoms with Crippen LogP contribution < -0.4 is 14.8 Å². The largest absolute Gasteiger partial charge is 0.495 e. The molecule has 0 aliphatic rings. The van der Waals surface area contributed by atoms with Gasteiger partial charge in [-0.15, -0.1) is 0 Å². The lowest BCUT2D eigenvalue weighted by Crippen LogP contribution is -2.20. The Hall–Kier alpha value is -2.38. The van der Waals surface area contributed by atoms with Crippen molar-refractivity contribution in [2.75, 3.05) is 19.5 Å². The average Bonchev–Trinajstić information content (AvgIpc) is 2.56. The van der Waals surface area contributed by atoms with E-state index in [1.54, 1.807) is 0 Å². The van der Waals surface area contributed by atoms with Crippen molar-refractivity contribution in [2.45, 2.75) is 18.7 Å². The summed E-state index contributed by atoms with van der Waals surface area (Å²) in [5.74, 6) is -0.218. The molecule has 0 bridgehead atoms. The highest BCUT2D eigenvalue weighted by Gasteiger charge is 2.20. The third kappa shape index (κ3) is 3.74. The van der Waals surface area contributed by atoms with E-state index < -0.39 is 15.9 Å². The number of amides is 1. The highest BCUT2D eigenvalue weighted by molar-refractivity contribution is 7.89. The van der Waals surface area contributed by atoms with Crippen molar-refractivity contribution in [2.24, 2.45) is 0 Å². The zero-order valence-electron chi connectivity index (χ0n) is 14.0. The van der Waals surface area contributed by atoms with Crippen molar-refractivity contribution >= 4 is 21.6 Å². The molecule has 0 fully saturated rings. The molecule has 24 heavy (non-hydrogen) atoms. The van der Waals surface area contributed by atoms with E-state index in [1.807, 2.05) is 32.0 Å². The van der Waals surface area contributed by atoms with Crippen molar-refractivity contribution in [3.63, 3.8) is 0 Å². The molecule has 0 unspecified atom stereocenters. The number of carbonyl (C=O) groups excluding carboxylic acids is 1. The topological polar surface area (TPSA) is 84.5 Å². The van der Waals surface area contributed by atoms with Crippen molar-refractivity contribution in [1.29, 1.82) is 0 Å². The molecule has 128 valence electrons. The van der Waals surface area contributed by atoms with Gasteiger partial charge in [-0.2, -0.15) is 0 Å². The Bertz CT molecular complexity index is 876. The van der Waals surface area contributed by atoms with Gasteiger partial charge in [-0.1, -0.05) is 17.7 Å². The monoisotopic (exact) mass is 348 g/mol. The highest BCUT2D eigenvalue weighted by Crippen LogP contribution is 2.25. The summed E-state index contributed by atoms with van der Waals surface area (Å²) in [5, 5.41) is 2.79. The standard InChI is InChI=1S/C17H20N2O4S/c1-11-5-7-14(12(2)9-11)19-17(20)13-6-8-15(23-4)16(10-13)24(21,22)18-3/h5-10,18H,1-4H3,(H,19,20). The summed E-state index contributed by atoms with van der Waals surface area (Å²) in [6.07, 6.45) is 0. The van der Waals surface area contributed by atoms with E-state index in [9.17, 15) is 13.2 Å². The SMILES string of the molecule is CNS(=O)(=O)c1cc(C(=O)Nc2ccc(C)cc2C)ccc1OC. The fourth-order valence-electron chi connectivity index (χ4n) is 2.29. The number of rotatable bonds is 5. The van der Waals surface area contributed by atoms with Gasteiger partial charge in [-0.3, -0.25) is 4.79 Å². The summed E-state index contributed by atoms with van der Waals surface area (Å²) in [6, 6.07) is 9.95. The minimum Gasteiger partial charge on any atom is -0.495 e. The molecule has 7 heteroatoms. The fourth-order valence-corrected chi connectivity index (χ4v) is 3.20. The number of methoxy groups -OCH3 is 1. The molecule has 0 aromatic heterocycles. The summed E-state index contributed by atoms with van der Waals surface area (Å²) in [4.78, 5) is 12.4. The van der Waals surface area contributed by atoms with Gasteiger partial charge >= 0.3 is 0 Å². The van der Waals surface area contributed by atoms with Crippen LogP contribution in [-0.4, -0.2) is 28.5 Å². The van der Waals surface area contributed by atoms with Crippen LogP contribution in [-0.2, 0) is 10.0 Å². The van der Waals surface area contributed by atoms with Crippen molar-refractivity contribution in [1.82, 2.24) is 4.72 Å². The van der Waals surface area contributed by atoms with Gasteiger partial charge < -0.3 is 10.1 Å². The molecule has 0 aliphatic heterocycles. The molecule has 0 saturated carbocycles. The normalized spacial score (nSPS) is 11.2. The molecular weight excluding hydrogens is 328 g/mol. The second-order valence-electron chi connectivity index (χ2n) is 5.35. The second kappa shape index (κ2) is 7.02. The third-order valence-corrected chi connectivity index (χ3v) is 5.05. The number of carbonyl (C=O) groups is 1. The zero-order chi connectivity index (χ0) is 17.9. The van der Waals surface area contributed by atoms with Crippen LogP contribution in [0.1, 0.15) is 21.5 Å². The number of benzene rings is 2. The van der Waals surface area contributed by atoms with Gasteiger partial charge in [0.2, 0.25) is 10.0 Å². The van der Waals surface area contributed by atoms with E-state index in [0.29, 0.717) is 5.69 Å². The lowest BCUT2D eigenvalue weighted by Gasteiger charge is -2.12. The summed E-state index contributed by atoms with van der Waals surface area (Å²) in [6.45, 7) is 3.87. The van der Waals surface area contributed by atoms with Gasteiger partial charge in [0.15, 0.2) is 0 Å². The first kappa shape index (κ1) is 18.0. The number of aryl methyl sites for hydroxylation is 2. The quantitative estimate of drug-likeness (QED) is 0.869. The van der Waals surface area contributed by atoms with Gasteiger partial charge in [0.05, 0.1) is 7.11 Å². The second-order valence-corrected chi connectivity index (χ2v) is 7.20. The molecule has 0 saturated heterocycles. The molecule has 2 aromatic carbocycles. The fraction of sp³-hybridized carbons (Fsp3) is 0.235. The van der Waals surface area contributed by atoms with Crippen LogP contribution in [0.25, 0.3) is 0 Å². The minimum absolute atomic E-state index is 0.0826. The Kier molecular flexibility index (Phi) is 5.26. The van der Waals surface area contributed by atoms with Gasteiger partial charge in [-0.05, 0) is 50.7 Å². The molecule has 1 amide bonds. The van der Waals surface area contributed by atoms with Crippen LogP contribution in [0.3, 0.4) is 0 Å². The van der Waals surface area contributed by atoms with Crippen LogP contribution in [0.4, 0.5) is 5.69 Å². The molecule has 0 radical (unpaired) electrons. The van der Waals surface area contributed by atoms with E-state index in [4.69, 9.17) is 4.74 Å². The first-order valence-corrected chi connectivity index (χ1v) is 8.77. The third-order valence-electron chi connectivity index (χ3n) is 3.61. The highest BCUT2D eigenvalue weighted by atomic mass is 32.2. The van der Waals surface area contributed by atoms with Crippen molar-refractivity contribution in [3.05, 3.63) is 53.1 Å². The van der Waals surface area contributed by atoms with Crippen LogP contribution in [0.5, 0.6) is 5.75 Å². The molecule has 6 nitrogen and oxygen atoms in total. The maximum atomic E-state index is 12.5. The van der Waals surface area contributed by atoms with E-state index in [0.717, 1.165) is 11.1 Å². The first-order chi connectivity index (χ1) is 11.3. The number of sulfonamides is 1. The molecule has 0 aliphatic carbocycles. The van der Waals surface area contributed by atoms with Gasteiger partial charge in [0.1, 0.15) is 10.6 Å². The van der Waals surface area contributed by atoms with Crippen LogP contribution >= 0.6 is 0 Å². The molecule has 0 heterocycles. The van der Waals surface area contributed by atoms with Crippen LogP contribution in [0.2, 0.25) is 0 Å². The first-order valence-electron chi connectivity index (χ1n) is 7.28. The molecule has 2 rings (SSSR count). The zero-order valence-corrected chi connectivity index (χ0v) is 14.8. The van der Waals surface area contributed by atoms with Gasteiger partial charge in [-0.25, -0.2) is 13.1 Å². The Balaban J connectivity index is 2.38. The summed E-state index contributed by atoms with van der Waals surface area (Å²) in [5.41, 5.74) is 2.93. The van der Waals surface area contributed by atoms with Gasteiger partial charge in [0, 0.05) is 11.3 Å². The summed E-state index contributed by atoms with van der Waals surface area (Å²) < 4.78 is 31.5. The number of ether oxygens (including phenoxy) is 1. The smallest absolute Gasteiger partial charge is 0.255 e. The van der Waals surface area contributed by atoms with E-state index in [1.165, 1.54) is 32.4 Å². The van der Waals surface area contributed by atoms with Gasteiger partial charge in [0.25, 0.3) is 5.91 Å². The molecule has 2 aromatic rings. The van der Waals surface area contributed by atoms with Crippen molar-refractivity contribution < 1.29 is 17.9 Å². The molecule has 2 N–H and O–H groups in total. The number of hydrogen-bond donors (Lipinski definition) is 2. The van der Waals surface area contributed by atoms with E-state index in [-0.39, 0.29) is 16.2 Å². The van der Waals surface area contributed by atoms with E-state index >= 15 is 0 Å². The Morgan fingerprint density at radius 1 is 1.08 bits per heavy atom. The van der Waals surface area contributed by atoms with E-state index in [2.05, 4.69) is 10.0 Å². The molecular formula is C17H20N2O4S. The lowest BCUT2D eigenvalue weighted by molar-refractivity contribution is 0.102. The predicted octanol–water partition coefficient (Wildman–Crippen LogP) is 2.47. The Labute approximate surface area is 141 Å². The average molecular weight is 348 g/mol. The number of anilines is 1. The maximum absolute atomic E-state index is 12.5. The Morgan fingerprint density at radius 3 is 2.38 bits per heavy atom.